The lowest BCUT2D eigenvalue weighted by Gasteiger charge is -2.16. The first-order valence-corrected chi connectivity index (χ1v) is 6.80. The van der Waals surface area contributed by atoms with Gasteiger partial charge in [-0.3, -0.25) is 0 Å². The summed E-state index contributed by atoms with van der Waals surface area (Å²) in [6.07, 6.45) is 6.52. The van der Waals surface area contributed by atoms with Gasteiger partial charge >= 0.3 is 0 Å². The summed E-state index contributed by atoms with van der Waals surface area (Å²) in [4.78, 5) is 0. The van der Waals surface area contributed by atoms with E-state index in [0.717, 1.165) is 31.3 Å². The second-order valence-corrected chi connectivity index (χ2v) is 5.27. The predicted molar refractivity (Wildman–Crippen MR) is 70.2 cm³/mol. The Morgan fingerprint density at radius 3 is 2.82 bits per heavy atom. The highest BCUT2D eigenvalue weighted by Crippen LogP contribution is 2.34. The molecule has 1 N–H and O–H groups in total. The third kappa shape index (κ3) is 2.96. The first-order chi connectivity index (χ1) is 8.20. The molecule has 0 aromatic heterocycles. The van der Waals surface area contributed by atoms with Crippen molar-refractivity contribution in [3.8, 4) is 0 Å². The Balaban J connectivity index is 2.29. The molecule has 1 aromatic carbocycles. The van der Waals surface area contributed by atoms with Crippen LogP contribution in [0.5, 0.6) is 0 Å². The number of benzene rings is 1. The van der Waals surface area contributed by atoms with Crippen molar-refractivity contribution in [2.75, 3.05) is 0 Å². The second kappa shape index (κ2) is 5.78. The van der Waals surface area contributed by atoms with Crippen LogP contribution < -0.4 is 0 Å². The predicted octanol–water partition coefficient (Wildman–Crippen LogP) is 4.51. The van der Waals surface area contributed by atoms with Crippen LogP contribution in [0.4, 0.5) is 4.39 Å². The van der Waals surface area contributed by atoms with Crippen LogP contribution in [0.25, 0.3) is 0 Å². The SMILES string of the molecule is OC(C1=CCCCCC1)c1c(F)cccc1Br. The van der Waals surface area contributed by atoms with Gasteiger partial charge in [-0.05, 0) is 43.4 Å². The lowest BCUT2D eigenvalue weighted by molar-refractivity contribution is 0.204. The summed E-state index contributed by atoms with van der Waals surface area (Å²) in [6, 6.07) is 4.79. The number of hydrogen-bond donors (Lipinski definition) is 1. The van der Waals surface area contributed by atoms with Crippen molar-refractivity contribution >= 4 is 15.9 Å². The van der Waals surface area contributed by atoms with E-state index in [9.17, 15) is 9.50 Å². The van der Waals surface area contributed by atoms with E-state index in [1.807, 2.05) is 0 Å². The molecule has 0 saturated carbocycles. The molecule has 1 atom stereocenters. The Morgan fingerprint density at radius 1 is 1.24 bits per heavy atom. The van der Waals surface area contributed by atoms with Crippen LogP contribution in [0, 0.1) is 5.82 Å². The third-order valence-corrected chi connectivity index (χ3v) is 3.89. The smallest absolute Gasteiger partial charge is 0.130 e. The molecule has 3 heteroatoms. The van der Waals surface area contributed by atoms with Gasteiger partial charge < -0.3 is 5.11 Å². The summed E-state index contributed by atoms with van der Waals surface area (Å²) in [5.41, 5.74) is 1.31. The largest absolute Gasteiger partial charge is 0.384 e. The quantitative estimate of drug-likeness (QED) is 0.796. The highest BCUT2D eigenvalue weighted by Gasteiger charge is 2.20. The van der Waals surface area contributed by atoms with E-state index in [-0.39, 0.29) is 5.82 Å². The van der Waals surface area contributed by atoms with Gasteiger partial charge in [0.1, 0.15) is 11.9 Å². The van der Waals surface area contributed by atoms with Gasteiger partial charge in [0.2, 0.25) is 0 Å². The zero-order valence-corrected chi connectivity index (χ0v) is 11.2. The summed E-state index contributed by atoms with van der Waals surface area (Å²) in [6.45, 7) is 0. The number of halogens is 2. The molecule has 2 rings (SSSR count). The zero-order valence-electron chi connectivity index (χ0n) is 9.63. The molecule has 1 aromatic rings. The van der Waals surface area contributed by atoms with Crippen LogP contribution in [-0.2, 0) is 0 Å². The molecule has 0 aliphatic heterocycles. The minimum atomic E-state index is -0.816. The second-order valence-electron chi connectivity index (χ2n) is 4.42. The molecule has 0 amide bonds. The van der Waals surface area contributed by atoms with Gasteiger partial charge in [0.25, 0.3) is 0 Å². The number of hydrogen-bond acceptors (Lipinski definition) is 1. The average molecular weight is 299 g/mol. The van der Waals surface area contributed by atoms with Gasteiger partial charge in [0, 0.05) is 10.0 Å². The first kappa shape index (κ1) is 12.8. The molecule has 0 spiro atoms. The lowest BCUT2D eigenvalue weighted by Crippen LogP contribution is -2.05. The minimum Gasteiger partial charge on any atom is -0.384 e. The van der Waals surface area contributed by atoms with Crippen molar-refractivity contribution in [3.63, 3.8) is 0 Å². The Hall–Kier alpha value is -0.670. The third-order valence-electron chi connectivity index (χ3n) is 3.20. The maximum atomic E-state index is 13.7. The van der Waals surface area contributed by atoms with E-state index in [0.29, 0.717) is 10.0 Å². The Morgan fingerprint density at radius 2 is 2.06 bits per heavy atom. The number of rotatable bonds is 2. The van der Waals surface area contributed by atoms with E-state index in [1.54, 1.807) is 12.1 Å². The number of aliphatic hydroxyl groups excluding tert-OH is 1. The molecule has 1 nitrogen and oxygen atoms in total. The van der Waals surface area contributed by atoms with Crippen molar-refractivity contribution in [3.05, 3.63) is 45.7 Å². The van der Waals surface area contributed by atoms with E-state index in [1.165, 1.54) is 12.5 Å². The van der Waals surface area contributed by atoms with E-state index in [2.05, 4.69) is 22.0 Å². The zero-order chi connectivity index (χ0) is 12.3. The summed E-state index contributed by atoms with van der Waals surface area (Å²) in [7, 11) is 0. The average Bonchev–Trinajstić information content (AvgIpc) is 2.57. The molecule has 0 bridgehead atoms. The molecule has 0 heterocycles. The fraction of sp³-hybridized carbons (Fsp3) is 0.429. The normalized spacial score (nSPS) is 18.4. The van der Waals surface area contributed by atoms with Gasteiger partial charge in [-0.15, -0.1) is 0 Å². The van der Waals surface area contributed by atoms with Crippen LogP contribution in [0.1, 0.15) is 43.8 Å². The number of aliphatic hydroxyl groups is 1. The first-order valence-electron chi connectivity index (χ1n) is 6.01. The minimum absolute atomic E-state index is 0.350. The molecule has 92 valence electrons. The maximum Gasteiger partial charge on any atom is 0.130 e. The molecule has 0 radical (unpaired) electrons. The van der Waals surface area contributed by atoms with Crippen LogP contribution >= 0.6 is 15.9 Å². The molecule has 1 aliphatic carbocycles. The Labute approximate surface area is 109 Å². The molecule has 17 heavy (non-hydrogen) atoms. The van der Waals surface area contributed by atoms with E-state index < -0.39 is 6.10 Å². The molecular formula is C14H16BrFO. The standard InChI is InChI=1S/C14H16BrFO/c15-11-8-5-9-12(16)13(11)14(17)10-6-3-1-2-4-7-10/h5-6,8-9,14,17H,1-4,7H2. The number of allylic oxidation sites excluding steroid dienone is 1. The fourth-order valence-corrected chi connectivity index (χ4v) is 2.80. The molecular weight excluding hydrogens is 283 g/mol. The van der Waals surface area contributed by atoms with Crippen molar-refractivity contribution in [1.82, 2.24) is 0 Å². The topological polar surface area (TPSA) is 20.2 Å². The van der Waals surface area contributed by atoms with Gasteiger partial charge in [-0.25, -0.2) is 4.39 Å². The molecule has 1 aliphatic rings. The monoisotopic (exact) mass is 298 g/mol. The summed E-state index contributed by atoms with van der Waals surface area (Å²) >= 11 is 3.31. The van der Waals surface area contributed by atoms with Gasteiger partial charge in [0.15, 0.2) is 0 Å². The van der Waals surface area contributed by atoms with Crippen molar-refractivity contribution in [2.24, 2.45) is 0 Å². The van der Waals surface area contributed by atoms with E-state index in [4.69, 9.17) is 0 Å². The fourth-order valence-electron chi connectivity index (χ4n) is 2.25. The van der Waals surface area contributed by atoms with E-state index >= 15 is 0 Å². The highest BCUT2D eigenvalue weighted by atomic mass is 79.9. The maximum absolute atomic E-state index is 13.7. The van der Waals surface area contributed by atoms with Crippen LogP contribution in [0.15, 0.2) is 34.3 Å². The van der Waals surface area contributed by atoms with Crippen molar-refractivity contribution < 1.29 is 9.50 Å². The van der Waals surface area contributed by atoms with Crippen molar-refractivity contribution in [1.29, 1.82) is 0 Å². The van der Waals surface area contributed by atoms with Gasteiger partial charge in [-0.2, -0.15) is 0 Å². The van der Waals surface area contributed by atoms with Crippen LogP contribution in [-0.4, -0.2) is 5.11 Å². The highest BCUT2D eigenvalue weighted by molar-refractivity contribution is 9.10. The molecule has 0 saturated heterocycles. The van der Waals surface area contributed by atoms with Gasteiger partial charge in [-0.1, -0.05) is 34.5 Å². The Bertz CT molecular complexity index is 408. The van der Waals surface area contributed by atoms with Crippen LogP contribution in [0.3, 0.4) is 0 Å². The van der Waals surface area contributed by atoms with Crippen molar-refractivity contribution in [2.45, 2.75) is 38.2 Å². The summed E-state index contributed by atoms with van der Waals surface area (Å²) < 4.78 is 14.4. The summed E-state index contributed by atoms with van der Waals surface area (Å²) in [5.74, 6) is -0.350. The lowest BCUT2D eigenvalue weighted by atomic mass is 9.97. The summed E-state index contributed by atoms with van der Waals surface area (Å²) in [5, 5.41) is 10.3. The molecule has 1 unspecified atom stereocenters. The Kier molecular flexibility index (Phi) is 4.35. The molecule has 0 fully saturated rings. The van der Waals surface area contributed by atoms with Gasteiger partial charge in [0.05, 0.1) is 0 Å². The van der Waals surface area contributed by atoms with Crippen LogP contribution in [0.2, 0.25) is 0 Å².